The third-order valence-corrected chi connectivity index (χ3v) is 8.23. The summed E-state index contributed by atoms with van der Waals surface area (Å²) in [5, 5.41) is 3.30. The van der Waals surface area contributed by atoms with Gasteiger partial charge in [0.05, 0.1) is 21.5 Å². The van der Waals surface area contributed by atoms with Crippen LogP contribution >= 0.6 is 11.6 Å². The number of nitrogens with one attached hydrogen (secondary N) is 1. The van der Waals surface area contributed by atoms with Crippen LogP contribution in [0.1, 0.15) is 31.4 Å². The van der Waals surface area contributed by atoms with Gasteiger partial charge in [0.15, 0.2) is 0 Å². The zero-order valence-electron chi connectivity index (χ0n) is 18.7. The number of halogens is 1. The van der Waals surface area contributed by atoms with Gasteiger partial charge in [-0.25, -0.2) is 8.42 Å². The number of sulfonamides is 1. The van der Waals surface area contributed by atoms with E-state index in [1.165, 1.54) is 15.3 Å². The highest BCUT2D eigenvalue weighted by Crippen LogP contribution is 2.32. The molecule has 1 aliphatic heterocycles. The number of carbonyl (C=O) groups is 2. The molecule has 0 aliphatic carbocycles. The van der Waals surface area contributed by atoms with E-state index < -0.39 is 15.9 Å². The van der Waals surface area contributed by atoms with E-state index in [0.29, 0.717) is 29.5 Å². The molecule has 7 nitrogen and oxygen atoms in total. The van der Waals surface area contributed by atoms with E-state index in [1.807, 2.05) is 13.8 Å². The van der Waals surface area contributed by atoms with Gasteiger partial charge in [-0.05, 0) is 49.2 Å². The molecule has 2 aromatic carbocycles. The number of benzene rings is 2. The van der Waals surface area contributed by atoms with E-state index in [4.69, 9.17) is 11.6 Å². The predicted octanol–water partition coefficient (Wildman–Crippen LogP) is 3.98. The van der Waals surface area contributed by atoms with Crippen LogP contribution in [0.3, 0.4) is 0 Å². The van der Waals surface area contributed by atoms with Crippen LogP contribution in [-0.2, 0) is 19.6 Å². The molecule has 0 radical (unpaired) electrons. The Labute approximate surface area is 194 Å². The molecule has 2 aromatic rings. The fourth-order valence-electron chi connectivity index (χ4n) is 3.84. The van der Waals surface area contributed by atoms with E-state index in [1.54, 1.807) is 44.2 Å². The normalized spacial score (nSPS) is 16.6. The van der Waals surface area contributed by atoms with Crippen LogP contribution in [0, 0.1) is 19.8 Å². The second kappa shape index (κ2) is 9.60. The maximum Gasteiger partial charge on any atom is 0.243 e. The van der Waals surface area contributed by atoms with Crippen molar-refractivity contribution in [3.63, 3.8) is 0 Å². The molecule has 1 atom stereocenters. The molecule has 3 rings (SSSR count). The van der Waals surface area contributed by atoms with Gasteiger partial charge in [-0.3, -0.25) is 9.59 Å². The van der Waals surface area contributed by atoms with Gasteiger partial charge in [-0.2, -0.15) is 4.31 Å². The Balaban J connectivity index is 1.85. The second-order valence-electron chi connectivity index (χ2n) is 7.85. The number of anilines is 2. The fourth-order valence-corrected chi connectivity index (χ4v) is 5.65. The molecule has 172 valence electrons. The molecule has 1 aliphatic rings. The Hall–Kier alpha value is -2.42. The van der Waals surface area contributed by atoms with Crippen molar-refractivity contribution in [3.05, 3.63) is 52.5 Å². The minimum Gasteiger partial charge on any atom is -0.325 e. The standard InChI is InChI=1S/C23H28ClN3O4S/c1-5-26(6-2)32(30,31)18-11-15(3)16(4)20(13-18)25-23(29)17-12-22(28)27(14-17)21-10-8-7-9-19(21)24/h7-11,13,17H,5-6,12,14H2,1-4H3,(H,25,29). The van der Waals surface area contributed by atoms with Gasteiger partial charge in [0.25, 0.3) is 0 Å². The van der Waals surface area contributed by atoms with Crippen molar-refractivity contribution in [2.24, 2.45) is 5.92 Å². The Kier molecular flexibility index (Phi) is 7.27. The van der Waals surface area contributed by atoms with E-state index in [2.05, 4.69) is 5.32 Å². The van der Waals surface area contributed by atoms with Crippen LogP contribution < -0.4 is 10.2 Å². The monoisotopic (exact) mass is 477 g/mol. The Morgan fingerprint density at radius 3 is 2.47 bits per heavy atom. The number of hydrogen-bond acceptors (Lipinski definition) is 4. The lowest BCUT2D eigenvalue weighted by atomic mass is 10.1. The number of nitrogens with zero attached hydrogens (tertiary/aromatic N) is 2. The van der Waals surface area contributed by atoms with E-state index >= 15 is 0 Å². The third kappa shape index (κ3) is 4.67. The molecule has 0 aromatic heterocycles. The summed E-state index contributed by atoms with van der Waals surface area (Å²) >= 11 is 6.22. The molecule has 1 N–H and O–H groups in total. The Morgan fingerprint density at radius 2 is 1.84 bits per heavy atom. The summed E-state index contributed by atoms with van der Waals surface area (Å²) in [5.74, 6) is -1.07. The molecular weight excluding hydrogens is 450 g/mol. The van der Waals surface area contributed by atoms with Crippen molar-refractivity contribution >= 4 is 44.8 Å². The van der Waals surface area contributed by atoms with E-state index in [0.717, 1.165) is 11.1 Å². The molecular formula is C23H28ClN3O4S. The van der Waals surface area contributed by atoms with Crippen LogP contribution in [0.15, 0.2) is 41.3 Å². The number of aryl methyl sites for hydroxylation is 1. The lowest BCUT2D eigenvalue weighted by Crippen LogP contribution is -2.31. The first-order chi connectivity index (χ1) is 15.1. The van der Waals surface area contributed by atoms with Gasteiger partial charge >= 0.3 is 0 Å². The first kappa shape index (κ1) is 24.2. The van der Waals surface area contributed by atoms with Gasteiger partial charge in [0.1, 0.15) is 0 Å². The van der Waals surface area contributed by atoms with Gasteiger partial charge in [0.2, 0.25) is 21.8 Å². The smallest absolute Gasteiger partial charge is 0.243 e. The first-order valence-electron chi connectivity index (χ1n) is 10.6. The number of amides is 2. The van der Waals surface area contributed by atoms with Gasteiger partial charge in [-0.1, -0.05) is 37.6 Å². The van der Waals surface area contributed by atoms with E-state index in [-0.39, 0.29) is 29.7 Å². The van der Waals surface area contributed by atoms with Gasteiger partial charge in [-0.15, -0.1) is 0 Å². The van der Waals surface area contributed by atoms with Crippen LogP contribution in [0.25, 0.3) is 0 Å². The number of para-hydroxylation sites is 1. The topological polar surface area (TPSA) is 86.8 Å². The summed E-state index contributed by atoms with van der Waals surface area (Å²) in [5.41, 5.74) is 2.55. The van der Waals surface area contributed by atoms with Crippen LogP contribution in [0.2, 0.25) is 5.02 Å². The molecule has 1 fully saturated rings. The van der Waals surface area contributed by atoms with E-state index in [9.17, 15) is 18.0 Å². The molecule has 0 saturated carbocycles. The van der Waals surface area contributed by atoms with Crippen molar-refractivity contribution in [3.8, 4) is 0 Å². The van der Waals surface area contributed by atoms with Crippen molar-refractivity contribution < 1.29 is 18.0 Å². The maximum atomic E-state index is 13.0. The van der Waals surface area contributed by atoms with Crippen LogP contribution in [0.4, 0.5) is 11.4 Å². The minimum atomic E-state index is -3.67. The number of rotatable bonds is 7. The van der Waals surface area contributed by atoms with Crippen molar-refractivity contribution in [2.75, 3.05) is 29.9 Å². The molecule has 32 heavy (non-hydrogen) atoms. The molecule has 1 heterocycles. The predicted molar refractivity (Wildman–Crippen MR) is 127 cm³/mol. The fraction of sp³-hybridized carbons (Fsp3) is 0.391. The molecule has 9 heteroatoms. The Morgan fingerprint density at radius 1 is 1.19 bits per heavy atom. The summed E-state index contributed by atoms with van der Waals surface area (Å²) in [6, 6.07) is 10.1. The molecule has 0 bridgehead atoms. The highest BCUT2D eigenvalue weighted by molar-refractivity contribution is 7.89. The molecule has 0 spiro atoms. The largest absolute Gasteiger partial charge is 0.325 e. The number of hydrogen-bond donors (Lipinski definition) is 1. The van der Waals surface area contributed by atoms with Crippen LogP contribution in [0.5, 0.6) is 0 Å². The van der Waals surface area contributed by atoms with Gasteiger partial charge < -0.3 is 10.2 Å². The van der Waals surface area contributed by atoms with Crippen molar-refractivity contribution in [2.45, 2.75) is 39.0 Å². The van der Waals surface area contributed by atoms with Crippen molar-refractivity contribution in [1.29, 1.82) is 0 Å². The molecule has 1 unspecified atom stereocenters. The lowest BCUT2D eigenvalue weighted by Gasteiger charge is -2.21. The highest BCUT2D eigenvalue weighted by atomic mass is 35.5. The van der Waals surface area contributed by atoms with Crippen LogP contribution in [-0.4, -0.2) is 44.2 Å². The first-order valence-corrected chi connectivity index (χ1v) is 12.4. The highest BCUT2D eigenvalue weighted by Gasteiger charge is 2.36. The van der Waals surface area contributed by atoms with Gasteiger partial charge in [0, 0.05) is 31.7 Å². The average molecular weight is 478 g/mol. The number of carbonyl (C=O) groups excluding carboxylic acids is 2. The average Bonchev–Trinajstić information content (AvgIpc) is 3.13. The molecule has 1 saturated heterocycles. The quantitative estimate of drug-likeness (QED) is 0.653. The zero-order valence-corrected chi connectivity index (χ0v) is 20.3. The second-order valence-corrected chi connectivity index (χ2v) is 10.2. The summed E-state index contributed by atoms with van der Waals surface area (Å²) in [6.07, 6.45) is 0.0620. The maximum absolute atomic E-state index is 13.0. The molecule has 2 amide bonds. The SMILES string of the molecule is CCN(CC)S(=O)(=O)c1cc(C)c(C)c(NC(=O)C2CC(=O)N(c3ccccc3Cl)C2)c1. The minimum absolute atomic E-state index is 0.0620. The third-order valence-electron chi connectivity index (χ3n) is 5.88. The Bertz CT molecular complexity index is 1150. The lowest BCUT2D eigenvalue weighted by molar-refractivity contribution is -0.122. The van der Waals surface area contributed by atoms with Crippen molar-refractivity contribution in [1.82, 2.24) is 4.31 Å². The summed E-state index contributed by atoms with van der Waals surface area (Å²) in [7, 11) is -3.67. The summed E-state index contributed by atoms with van der Waals surface area (Å²) in [6.45, 7) is 8.13. The summed E-state index contributed by atoms with van der Waals surface area (Å²) < 4.78 is 27.3. The summed E-state index contributed by atoms with van der Waals surface area (Å²) in [4.78, 5) is 27.2. The zero-order chi connectivity index (χ0) is 23.6.